The first-order valence-corrected chi connectivity index (χ1v) is 9.19. The summed E-state index contributed by atoms with van der Waals surface area (Å²) in [6.45, 7) is 1.78. The number of aryl methyl sites for hydroxylation is 1. The molecule has 4 aromatic rings. The molecule has 0 N–H and O–H groups in total. The Morgan fingerprint density at radius 1 is 0.958 bits per heavy atom. The van der Waals surface area contributed by atoms with E-state index in [0.717, 1.165) is 6.04 Å². The van der Waals surface area contributed by atoms with Gasteiger partial charge >= 0.3 is 5.97 Å². The molecule has 2 aromatic heterocycles. The summed E-state index contributed by atoms with van der Waals surface area (Å²) in [7, 11) is -1.47. The number of hydrogen-bond acceptors (Lipinski definition) is 6. The molecular formula is C17H15O6Si-. The number of fused-ring (bicyclic) bond motifs is 3. The Bertz CT molecular complexity index is 983. The third kappa shape index (κ3) is 2.90. The number of ether oxygens (including phenoxy) is 1. The maximum atomic E-state index is 10.8. The van der Waals surface area contributed by atoms with E-state index in [2.05, 4.69) is 0 Å². The lowest BCUT2D eigenvalue weighted by atomic mass is 10.3. The fourth-order valence-corrected chi connectivity index (χ4v) is 3.99. The Balaban J connectivity index is 1.66. The van der Waals surface area contributed by atoms with Crippen molar-refractivity contribution in [2.75, 3.05) is 6.61 Å². The predicted octanol–water partition coefficient (Wildman–Crippen LogP) is 4.34. The summed E-state index contributed by atoms with van der Waals surface area (Å²) < 4.78 is 28.4. The Labute approximate surface area is 138 Å². The van der Waals surface area contributed by atoms with Gasteiger partial charge in [-0.1, -0.05) is 18.2 Å². The van der Waals surface area contributed by atoms with Crippen molar-refractivity contribution in [2.45, 2.75) is 19.4 Å². The Morgan fingerprint density at radius 3 is 2.08 bits per heavy atom. The van der Waals surface area contributed by atoms with Crippen LogP contribution in [0.3, 0.4) is 0 Å². The van der Waals surface area contributed by atoms with Gasteiger partial charge in [-0.3, -0.25) is 4.79 Å². The monoisotopic (exact) mass is 343 g/mol. The molecule has 4 rings (SSSR count). The largest absolute Gasteiger partial charge is 0.655 e. The van der Waals surface area contributed by atoms with Crippen LogP contribution in [0, 0.1) is 0 Å². The highest BCUT2D eigenvalue weighted by Crippen LogP contribution is 2.27. The van der Waals surface area contributed by atoms with Crippen LogP contribution in [-0.2, 0) is 15.6 Å². The summed E-state index contributed by atoms with van der Waals surface area (Å²) in [5, 5.41) is 0. The van der Waals surface area contributed by atoms with Crippen molar-refractivity contribution >= 4 is 48.4 Å². The summed E-state index contributed by atoms with van der Waals surface area (Å²) in [5.41, 5.74) is 3.90. The van der Waals surface area contributed by atoms with E-state index < -0.39 is 8.91 Å². The number of rotatable bonds is 4. The zero-order valence-corrected chi connectivity index (χ0v) is 14.0. The summed E-state index contributed by atoms with van der Waals surface area (Å²) >= 11 is 0. The van der Waals surface area contributed by atoms with Crippen molar-refractivity contribution in [3.8, 4) is 0 Å². The van der Waals surface area contributed by atoms with Crippen molar-refractivity contribution in [1.29, 1.82) is 0 Å². The van der Waals surface area contributed by atoms with Crippen LogP contribution < -0.4 is 0 Å². The van der Waals surface area contributed by atoms with Gasteiger partial charge in [0.2, 0.25) is 0 Å². The van der Waals surface area contributed by atoms with Crippen LogP contribution >= 0.6 is 0 Å². The lowest BCUT2D eigenvalue weighted by molar-refractivity contribution is -0.141. The van der Waals surface area contributed by atoms with Gasteiger partial charge in [0.25, 0.3) is 0 Å². The highest BCUT2D eigenvalue weighted by molar-refractivity contribution is 6.33. The second kappa shape index (κ2) is 6.08. The van der Waals surface area contributed by atoms with Crippen LogP contribution in [0.1, 0.15) is 13.3 Å². The standard InChI is InChI=1S/C17H15O6Si/c1-11(18)19-7-4-8-24-22-16-9-14-15(10-17(16)23-24)21-13-6-3-2-5-12(13)20-14/h2-3,5-6,9-10H,4,7-8H2,1H3/q-1. The van der Waals surface area contributed by atoms with Crippen molar-refractivity contribution < 1.29 is 26.6 Å². The molecule has 0 saturated carbocycles. The first kappa shape index (κ1) is 14.9. The molecular weight excluding hydrogens is 328 g/mol. The number of carbonyl (C=O) groups is 1. The highest BCUT2D eigenvalue weighted by atomic mass is 28.3. The van der Waals surface area contributed by atoms with Gasteiger partial charge in [-0.15, -0.1) is 0 Å². The van der Waals surface area contributed by atoms with E-state index in [0.29, 0.717) is 46.5 Å². The van der Waals surface area contributed by atoms with E-state index in [1.54, 1.807) is 12.1 Å². The molecule has 0 bridgehead atoms. The third-order valence-electron chi connectivity index (χ3n) is 3.58. The van der Waals surface area contributed by atoms with Gasteiger partial charge in [0.05, 0.1) is 6.61 Å². The summed E-state index contributed by atoms with van der Waals surface area (Å²) in [6.07, 6.45) is 0.708. The second-order valence-electron chi connectivity index (χ2n) is 5.42. The molecule has 7 heteroatoms. The molecule has 0 aliphatic heterocycles. The Hall–Kier alpha value is -2.67. The SMILES string of the molecule is CC(=O)OCCC[si-]1oc2cc3oc4ccccc4oc3cc2o1. The van der Waals surface area contributed by atoms with Crippen LogP contribution in [-0.4, -0.2) is 21.5 Å². The molecule has 6 nitrogen and oxygen atoms in total. The van der Waals surface area contributed by atoms with E-state index >= 15 is 0 Å². The van der Waals surface area contributed by atoms with E-state index in [1.807, 2.05) is 24.3 Å². The quantitative estimate of drug-likeness (QED) is 0.237. The van der Waals surface area contributed by atoms with E-state index in [-0.39, 0.29) is 5.97 Å². The maximum Gasteiger partial charge on any atom is 0.302 e. The van der Waals surface area contributed by atoms with Gasteiger partial charge in [0.15, 0.2) is 22.3 Å². The first-order valence-electron chi connectivity index (χ1n) is 7.67. The van der Waals surface area contributed by atoms with Gasteiger partial charge < -0.3 is 21.8 Å². The molecule has 0 atom stereocenters. The minimum absolute atomic E-state index is 0.273. The molecule has 0 aliphatic carbocycles. The van der Waals surface area contributed by atoms with Crippen LogP contribution in [0.2, 0.25) is 0 Å². The smallest absolute Gasteiger partial charge is 0.302 e. The number of para-hydroxylation sites is 2. The molecule has 24 heavy (non-hydrogen) atoms. The molecule has 0 spiro atoms. The summed E-state index contributed by atoms with van der Waals surface area (Å²) in [4.78, 5) is 10.8. The number of carbonyl (C=O) groups excluding carboxylic acids is 1. The van der Waals surface area contributed by atoms with E-state index in [4.69, 9.17) is 21.8 Å². The number of esters is 1. The van der Waals surface area contributed by atoms with Gasteiger partial charge in [-0.25, -0.2) is 0 Å². The molecule has 0 saturated heterocycles. The molecule has 0 amide bonds. The molecule has 2 heterocycles. The van der Waals surface area contributed by atoms with Crippen LogP contribution in [0.4, 0.5) is 0 Å². The zero-order chi connectivity index (χ0) is 16.5. The summed E-state index contributed by atoms with van der Waals surface area (Å²) in [5.74, 6) is -0.273. The van der Waals surface area contributed by atoms with E-state index in [9.17, 15) is 4.79 Å². The van der Waals surface area contributed by atoms with Crippen molar-refractivity contribution in [3.63, 3.8) is 0 Å². The average molecular weight is 343 g/mol. The normalized spacial score (nSPS) is 11.4. The van der Waals surface area contributed by atoms with E-state index in [1.165, 1.54) is 6.92 Å². The van der Waals surface area contributed by atoms with Gasteiger partial charge in [-0.05, 0) is 18.6 Å². The molecule has 0 unspecified atom stereocenters. The highest BCUT2D eigenvalue weighted by Gasteiger charge is 2.07. The topological polar surface area (TPSA) is 78.9 Å². The molecule has 124 valence electrons. The Morgan fingerprint density at radius 2 is 1.54 bits per heavy atom. The first-order chi connectivity index (χ1) is 11.7. The molecule has 0 aliphatic rings. The van der Waals surface area contributed by atoms with Crippen molar-refractivity contribution in [1.82, 2.24) is 0 Å². The number of benzene rings is 2. The van der Waals surface area contributed by atoms with Crippen molar-refractivity contribution in [2.24, 2.45) is 0 Å². The average Bonchev–Trinajstić information content (AvgIpc) is 2.96. The fraction of sp³-hybridized carbons (Fsp3) is 0.235. The minimum Gasteiger partial charge on any atom is -0.655 e. The van der Waals surface area contributed by atoms with Crippen LogP contribution in [0.25, 0.3) is 33.5 Å². The minimum atomic E-state index is -1.47. The predicted molar refractivity (Wildman–Crippen MR) is 88.4 cm³/mol. The second-order valence-corrected chi connectivity index (χ2v) is 7.07. The third-order valence-corrected chi connectivity index (χ3v) is 5.23. The lowest BCUT2D eigenvalue weighted by Crippen LogP contribution is -2.04. The van der Waals surface area contributed by atoms with Crippen LogP contribution in [0.5, 0.6) is 0 Å². The Kier molecular flexibility index (Phi) is 3.77. The maximum absolute atomic E-state index is 10.8. The van der Waals surface area contributed by atoms with Gasteiger partial charge in [0.1, 0.15) is 20.1 Å². The lowest BCUT2D eigenvalue weighted by Gasteiger charge is -2.04. The van der Waals surface area contributed by atoms with Gasteiger partial charge in [0, 0.05) is 19.1 Å². The number of hydrogen-bond donors (Lipinski definition) is 0. The fourth-order valence-electron chi connectivity index (χ4n) is 2.50. The van der Waals surface area contributed by atoms with Crippen molar-refractivity contribution in [3.05, 3.63) is 36.4 Å². The van der Waals surface area contributed by atoms with Gasteiger partial charge in [-0.2, -0.15) is 0 Å². The molecule has 2 aromatic carbocycles. The van der Waals surface area contributed by atoms with Crippen LogP contribution in [0.15, 0.2) is 53.4 Å². The molecule has 0 radical (unpaired) electrons. The molecule has 0 fully saturated rings. The summed E-state index contributed by atoms with van der Waals surface area (Å²) in [6, 6.07) is 11.8. The zero-order valence-electron chi connectivity index (χ0n) is 13.0.